The quantitative estimate of drug-likeness (QED) is 0.413. The molecule has 2 fully saturated rings. The number of halogens is 4. The molecule has 12 heteroatoms. The molecule has 1 saturated carbocycles. The number of benzene rings is 1. The Morgan fingerprint density at radius 2 is 1.92 bits per heavy atom. The van der Waals surface area contributed by atoms with Gasteiger partial charge in [-0.15, -0.1) is 0 Å². The van der Waals surface area contributed by atoms with Crippen molar-refractivity contribution >= 4 is 11.8 Å². The highest BCUT2D eigenvalue weighted by Gasteiger charge is 2.39. The highest BCUT2D eigenvalue weighted by Crippen LogP contribution is 2.39. The van der Waals surface area contributed by atoms with Gasteiger partial charge in [0.15, 0.2) is 0 Å². The van der Waals surface area contributed by atoms with Crippen LogP contribution in [0.15, 0.2) is 42.6 Å². The number of nitrogens with zero attached hydrogens (tertiary/aromatic N) is 2. The molecule has 0 bridgehead atoms. The molecule has 1 atom stereocenters. The Labute approximate surface area is 223 Å². The molecular weight excluding hydrogens is 520 g/mol. The van der Waals surface area contributed by atoms with Crippen molar-refractivity contribution in [1.82, 2.24) is 20.5 Å². The first-order valence-corrected chi connectivity index (χ1v) is 12.9. The SMILES string of the molecule is O=C(CNC(=O)c1cccc(C(F)(F)F)c1)N[C@@H]1CCN(C2CCC(O)(c3ccc(OCCF)nc3)CC2)C1. The number of ether oxygens (including phenoxy) is 1. The van der Waals surface area contributed by atoms with Gasteiger partial charge in [-0.3, -0.25) is 14.5 Å². The van der Waals surface area contributed by atoms with Crippen LogP contribution in [-0.4, -0.2) is 71.8 Å². The normalized spacial score (nSPS) is 23.8. The van der Waals surface area contributed by atoms with Gasteiger partial charge in [0.25, 0.3) is 5.91 Å². The summed E-state index contributed by atoms with van der Waals surface area (Å²) in [6, 6.07) is 7.58. The fourth-order valence-electron chi connectivity index (χ4n) is 5.23. The van der Waals surface area contributed by atoms with Crippen LogP contribution in [0.2, 0.25) is 0 Å². The summed E-state index contributed by atoms with van der Waals surface area (Å²) in [4.78, 5) is 31.1. The maximum atomic E-state index is 12.9. The summed E-state index contributed by atoms with van der Waals surface area (Å²) >= 11 is 0. The van der Waals surface area contributed by atoms with Crippen LogP contribution in [0.25, 0.3) is 0 Å². The minimum Gasteiger partial charge on any atom is -0.475 e. The zero-order valence-electron chi connectivity index (χ0n) is 21.3. The predicted octanol–water partition coefficient (Wildman–Crippen LogP) is 3.20. The first kappa shape index (κ1) is 28.8. The maximum Gasteiger partial charge on any atom is 0.416 e. The molecule has 0 radical (unpaired) electrons. The number of carbonyl (C=O) groups is 2. The average Bonchev–Trinajstić information content (AvgIpc) is 3.39. The third kappa shape index (κ3) is 7.45. The van der Waals surface area contributed by atoms with E-state index in [1.165, 1.54) is 6.07 Å². The van der Waals surface area contributed by atoms with E-state index >= 15 is 0 Å². The van der Waals surface area contributed by atoms with Crippen molar-refractivity contribution in [3.05, 3.63) is 59.3 Å². The minimum absolute atomic E-state index is 0.0654. The molecule has 39 heavy (non-hydrogen) atoms. The second kappa shape index (κ2) is 12.3. The van der Waals surface area contributed by atoms with Gasteiger partial charge >= 0.3 is 6.18 Å². The summed E-state index contributed by atoms with van der Waals surface area (Å²) in [5, 5.41) is 16.4. The fourth-order valence-corrected chi connectivity index (χ4v) is 5.23. The molecule has 212 valence electrons. The highest BCUT2D eigenvalue weighted by atomic mass is 19.4. The van der Waals surface area contributed by atoms with Crippen LogP contribution in [0.1, 0.15) is 53.6 Å². The van der Waals surface area contributed by atoms with Gasteiger partial charge in [-0.25, -0.2) is 9.37 Å². The molecule has 1 aromatic heterocycles. The molecule has 2 amide bonds. The van der Waals surface area contributed by atoms with Crippen molar-refractivity contribution < 1.29 is 37.0 Å². The standard InChI is InChI=1S/C27H32F4N4O4/c28-11-13-39-24-5-4-20(15-32-24)26(38)9-6-22(7-10-26)35-12-8-21(17-35)34-23(36)16-33-25(37)18-2-1-3-19(14-18)27(29,30)31/h1-5,14-15,21-22,38H,6-13,16-17H2,(H,33,37)(H,34,36)/t21-,22?,26?/m1/s1. The lowest BCUT2D eigenvalue weighted by Gasteiger charge is -2.39. The number of amides is 2. The van der Waals surface area contributed by atoms with Gasteiger partial charge in [-0.05, 0) is 56.4 Å². The van der Waals surface area contributed by atoms with E-state index in [0.717, 1.165) is 44.0 Å². The number of nitrogens with one attached hydrogen (secondary N) is 2. The molecular formula is C27H32F4N4O4. The van der Waals surface area contributed by atoms with Crippen LogP contribution < -0.4 is 15.4 Å². The van der Waals surface area contributed by atoms with Crippen LogP contribution in [0.3, 0.4) is 0 Å². The summed E-state index contributed by atoms with van der Waals surface area (Å²) < 4.78 is 56.0. The Balaban J connectivity index is 1.20. The Morgan fingerprint density at radius 3 is 2.59 bits per heavy atom. The third-order valence-electron chi connectivity index (χ3n) is 7.35. The Hall–Kier alpha value is -3.25. The number of aromatic nitrogens is 1. The van der Waals surface area contributed by atoms with Crippen LogP contribution in [0.5, 0.6) is 5.88 Å². The van der Waals surface area contributed by atoms with Gasteiger partial charge in [-0.1, -0.05) is 6.07 Å². The molecule has 0 unspecified atom stereocenters. The molecule has 4 rings (SSSR count). The van der Waals surface area contributed by atoms with Crippen LogP contribution in [-0.2, 0) is 16.6 Å². The van der Waals surface area contributed by atoms with E-state index in [0.29, 0.717) is 30.8 Å². The van der Waals surface area contributed by atoms with Crippen LogP contribution in [0, 0.1) is 0 Å². The molecule has 0 spiro atoms. The van der Waals surface area contributed by atoms with Crippen molar-refractivity contribution in [1.29, 1.82) is 0 Å². The van der Waals surface area contributed by atoms with Gasteiger partial charge in [0.2, 0.25) is 11.8 Å². The van der Waals surface area contributed by atoms with Gasteiger partial charge in [0, 0.05) is 48.6 Å². The molecule has 1 saturated heterocycles. The zero-order valence-corrected chi connectivity index (χ0v) is 21.3. The molecule has 1 aliphatic heterocycles. The van der Waals surface area contributed by atoms with Crippen molar-refractivity contribution in [3.8, 4) is 5.88 Å². The molecule has 1 aliphatic carbocycles. The molecule has 3 N–H and O–H groups in total. The number of hydrogen-bond donors (Lipinski definition) is 3. The summed E-state index contributed by atoms with van der Waals surface area (Å²) in [6.07, 6.45) is 0.390. The molecule has 8 nitrogen and oxygen atoms in total. The van der Waals surface area contributed by atoms with Gasteiger partial charge in [0.05, 0.1) is 17.7 Å². The number of carbonyl (C=O) groups excluding carboxylic acids is 2. The molecule has 1 aromatic carbocycles. The second-order valence-corrected chi connectivity index (χ2v) is 9.99. The predicted molar refractivity (Wildman–Crippen MR) is 134 cm³/mol. The van der Waals surface area contributed by atoms with Gasteiger partial charge < -0.3 is 20.5 Å². The second-order valence-electron chi connectivity index (χ2n) is 9.99. The van der Waals surface area contributed by atoms with Crippen molar-refractivity contribution in [3.63, 3.8) is 0 Å². The minimum atomic E-state index is -4.56. The smallest absolute Gasteiger partial charge is 0.416 e. The van der Waals surface area contributed by atoms with E-state index in [4.69, 9.17) is 4.74 Å². The summed E-state index contributed by atoms with van der Waals surface area (Å²) in [6.45, 7) is 0.415. The monoisotopic (exact) mass is 552 g/mol. The summed E-state index contributed by atoms with van der Waals surface area (Å²) in [5.41, 5.74) is -1.39. The van der Waals surface area contributed by atoms with Crippen LogP contribution >= 0.6 is 0 Å². The summed E-state index contributed by atoms with van der Waals surface area (Å²) in [7, 11) is 0. The first-order chi connectivity index (χ1) is 18.6. The first-order valence-electron chi connectivity index (χ1n) is 12.9. The summed E-state index contributed by atoms with van der Waals surface area (Å²) in [5.74, 6) is -0.850. The van der Waals surface area contributed by atoms with E-state index in [2.05, 4.69) is 20.5 Å². The van der Waals surface area contributed by atoms with Crippen molar-refractivity contribution in [2.75, 3.05) is 32.9 Å². The number of aliphatic hydroxyl groups is 1. The highest BCUT2D eigenvalue weighted by molar-refractivity contribution is 5.96. The van der Waals surface area contributed by atoms with Crippen LogP contribution in [0.4, 0.5) is 17.6 Å². The van der Waals surface area contributed by atoms with Gasteiger partial charge in [-0.2, -0.15) is 13.2 Å². The van der Waals surface area contributed by atoms with E-state index in [-0.39, 0.29) is 30.8 Å². The van der Waals surface area contributed by atoms with E-state index in [1.54, 1.807) is 18.3 Å². The van der Waals surface area contributed by atoms with E-state index in [1.807, 2.05) is 0 Å². The molecule has 2 aliphatic rings. The lowest BCUT2D eigenvalue weighted by atomic mass is 9.78. The molecule has 2 aromatic rings. The number of rotatable bonds is 9. The zero-order chi connectivity index (χ0) is 28.0. The number of hydrogen-bond acceptors (Lipinski definition) is 6. The number of pyridine rings is 1. The Bertz CT molecular complexity index is 1140. The lowest BCUT2D eigenvalue weighted by molar-refractivity contribution is -0.137. The van der Waals surface area contributed by atoms with Gasteiger partial charge in [0.1, 0.15) is 13.3 Å². The maximum absolute atomic E-state index is 12.9. The third-order valence-corrected chi connectivity index (χ3v) is 7.35. The fraction of sp³-hybridized carbons (Fsp3) is 0.519. The number of likely N-dealkylation sites (tertiary alicyclic amines) is 1. The lowest BCUT2D eigenvalue weighted by Crippen LogP contribution is -2.45. The largest absolute Gasteiger partial charge is 0.475 e. The van der Waals surface area contributed by atoms with Crippen molar-refractivity contribution in [2.24, 2.45) is 0 Å². The number of alkyl halides is 4. The Morgan fingerprint density at radius 1 is 1.15 bits per heavy atom. The van der Waals surface area contributed by atoms with E-state index < -0.39 is 35.8 Å². The topological polar surface area (TPSA) is 104 Å². The Kier molecular flexibility index (Phi) is 9.06. The van der Waals surface area contributed by atoms with E-state index in [9.17, 15) is 32.3 Å². The average molecular weight is 553 g/mol. The molecule has 2 heterocycles. The van der Waals surface area contributed by atoms with Crippen molar-refractivity contribution in [2.45, 2.75) is 56.0 Å².